The molecule has 16 heavy (non-hydrogen) atoms. The maximum absolute atomic E-state index is 11.8. The second kappa shape index (κ2) is 8.47. The highest BCUT2D eigenvalue weighted by Crippen LogP contribution is 1.99. The molecule has 94 valence electrons. The fraction of sp³-hybridized carbons (Fsp3) is 0.818. The molecule has 4 nitrogen and oxygen atoms in total. The predicted molar refractivity (Wildman–Crippen MR) is 71.4 cm³/mol. The van der Waals surface area contributed by atoms with Crippen LogP contribution in [0.2, 0.25) is 0 Å². The smallest absolute Gasteiger partial charge is 0.237 e. The Morgan fingerprint density at radius 3 is 2.56 bits per heavy atom. The van der Waals surface area contributed by atoms with Crippen LogP contribution < -0.4 is 11.1 Å². The number of nitrogens with two attached hydrogens (primary N) is 1. The topological polar surface area (TPSA) is 58.4 Å². The molecule has 0 saturated heterocycles. The molecule has 0 aliphatic carbocycles. The highest BCUT2D eigenvalue weighted by atomic mass is 32.1. The average molecular weight is 245 g/mol. The number of hydrogen-bond acceptors (Lipinski definition) is 3. The van der Waals surface area contributed by atoms with Gasteiger partial charge in [0.25, 0.3) is 0 Å². The van der Waals surface area contributed by atoms with Gasteiger partial charge in [-0.3, -0.25) is 9.69 Å². The number of thiocarbonyl (C=S) groups is 1. The summed E-state index contributed by atoms with van der Waals surface area (Å²) >= 11 is 4.85. The van der Waals surface area contributed by atoms with Gasteiger partial charge in [0, 0.05) is 13.1 Å². The van der Waals surface area contributed by atoms with Crippen molar-refractivity contribution in [3.63, 3.8) is 0 Å². The first kappa shape index (κ1) is 15.3. The van der Waals surface area contributed by atoms with Crippen molar-refractivity contribution in [3.05, 3.63) is 0 Å². The molecular formula is C11H23N3OS. The van der Waals surface area contributed by atoms with Gasteiger partial charge in [-0.2, -0.15) is 0 Å². The summed E-state index contributed by atoms with van der Waals surface area (Å²) in [5.74, 6) is 0.0477. The van der Waals surface area contributed by atoms with Crippen molar-refractivity contribution in [1.29, 1.82) is 0 Å². The van der Waals surface area contributed by atoms with Crippen molar-refractivity contribution in [2.45, 2.75) is 39.7 Å². The molecule has 0 spiro atoms. The first-order valence-electron chi connectivity index (χ1n) is 5.82. The second-order valence-electron chi connectivity index (χ2n) is 3.85. The molecular weight excluding hydrogens is 222 g/mol. The molecule has 0 heterocycles. The third-order valence-corrected chi connectivity index (χ3v) is 2.65. The Balaban J connectivity index is 4.10. The molecule has 1 atom stereocenters. The van der Waals surface area contributed by atoms with Gasteiger partial charge in [0.15, 0.2) is 0 Å². The van der Waals surface area contributed by atoms with E-state index in [0.29, 0.717) is 11.5 Å². The van der Waals surface area contributed by atoms with Gasteiger partial charge >= 0.3 is 0 Å². The van der Waals surface area contributed by atoms with Crippen molar-refractivity contribution in [2.24, 2.45) is 5.73 Å². The molecule has 0 aliphatic rings. The summed E-state index contributed by atoms with van der Waals surface area (Å²) in [6.45, 7) is 7.97. The van der Waals surface area contributed by atoms with Crippen molar-refractivity contribution < 1.29 is 4.79 Å². The molecule has 0 aromatic rings. The average Bonchev–Trinajstić information content (AvgIpc) is 2.24. The summed E-state index contributed by atoms with van der Waals surface area (Å²) in [5, 5.41) is 2.91. The van der Waals surface area contributed by atoms with Crippen molar-refractivity contribution in [2.75, 3.05) is 19.6 Å². The van der Waals surface area contributed by atoms with E-state index in [1.807, 2.05) is 18.7 Å². The van der Waals surface area contributed by atoms with E-state index in [1.165, 1.54) is 0 Å². The van der Waals surface area contributed by atoms with Crippen molar-refractivity contribution >= 4 is 23.1 Å². The minimum absolute atomic E-state index is 0.0477. The zero-order valence-corrected chi connectivity index (χ0v) is 11.3. The van der Waals surface area contributed by atoms with Crippen LogP contribution in [0, 0.1) is 0 Å². The van der Waals surface area contributed by atoms with Crippen LogP contribution in [0.3, 0.4) is 0 Å². The quantitative estimate of drug-likeness (QED) is 0.493. The van der Waals surface area contributed by atoms with Crippen LogP contribution in [-0.2, 0) is 4.79 Å². The van der Waals surface area contributed by atoms with E-state index >= 15 is 0 Å². The third-order valence-electron chi connectivity index (χ3n) is 2.52. The first-order valence-corrected chi connectivity index (χ1v) is 6.23. The van der Waals surface area contributed by atoms with E-state index in [4.69, 9.17) is 18.0 Å². The van der Waals surface area contributed by atoms with Gasteiger partial charge in [-0.25, -0.2) is 0 Å². The van der Waals surface area contributed by atoms with Gasteiger partial charge in [-0.05, 0) is 19.9 Å². The Hall–Kier alpha value is -0.680. The van der Waals surface area contributed by atoms with Crippen molar-refractivity contribution in [3.8, 4) is 0 Å². The number of nitrogens with zero attached hydrogens (tertiary/aromatic N) is 1. The Morgan fingerprint density at radius 1 is 1.50 bits per heavy atom. The molecule has 3 N–H and O–H groups in total. The maximum atomic E-state index is 11.8. The second-order valence-corrected chi connectivity index (χ2v) is 4.37. The SMILES string of the molecule is CCCCNC(=O)C(C)N(CC)CC(N)=S. The lowest BCUT2D eigenvalue weighted by molar-refractivity contribution is -0.125. The van der Waals surface area contributed by atoms with Gasteiger partial charge in [-0.15, -0.1) is 0 Å². The summed E-state index contributed by atoms with van der Waals surface area (Å²) in [4.78, 5) is 14.2. The molecule has 1 amide bonds. The monoisotopic (exact) mass is 245 g/mol. The molecule has 0 aromatic heterocycles. The number of rotatable bonds is 8. The van der Waals surface area contributed by atoms with Crippen LogP contribution in [0.5, 0.6) is 0 Å². The molecule has 0 fully saturated rings. The van der Waals surface area contributed by atoms with Crippen LogP contribution in [0.25, 0.3) is 0 Å². The third kappa shape index (κ3) is 6.02. The molecule has 0 radical (unpaired) electrons. The highest BCUT2D eigenvalue weighted by molar-refractivity contribution is 7.80. The fourth-order valence-electron chi connectivity index (χ4n) is 1.42. The molecule has 0 aromatic carbocycles. The van der Waals surface area contributed by atoms with Crippen LogP contribution in [0.15, 0.2) is 0 Å². The highest BCUT2D eigenvalue weighted by Gasteiger charge is 2.19. The lowest BCUT2D eigenvalue weighted by atomic mass is 10.2. The Kier molecular flexibility index (Phi) is 8.11. The van der Waals surface area contributed by atoms with Crippen LogP contribution >= 0.6 is 12.2 Å². The normalized spacial score (nSPS) is 12.5. The largest absolute Gasteiger partial charge is 0.392 e. The van der Waals surface area contributed by atoms with Crippen LogP contribution in [-0.4, -0.2) is 41.5 Å². The summed E-state index contributed by atoms with van der Waals surface area (Å²) in [6, 6.07) is -0.177. The zero-order valence-electron chi connectivity index (χ0n) is 10.5. The van der Waals surface area contributed by atoms with E-state index in [9.17, 15) is 4.79 Å². The molecule has 1 unspecified atom stereocenters. The number of nitrogens with one attached hydrogen (secondary N) is 1. The molecule has 0 rings (SSSR count). The van der Waals surface area contributed by atoms with Crippen LogP contribution in [0.1, 0.15) is 33.6 Å². The number of hydrogen-bond donors (Lipinski definition) is 2. The predicted octanol–water partition coefficient (Wildman–Crippen LogP) is 0.899. The number of amides is 1. The van der Waals surface area contributed by atoms with E-state index in [-0.39, 0.29) is 11.9 Å². The van der Waals surface area contributed by atoms with E-state index < -0.39 is 0 Å². The number of carbonyl (C=O) groups excluding carboxylic acids is 1. The minimum atomic E-state index is -0.177. The Morgan fingerprint density at radius 2 is 2.12 bits per heavy atom. The fourth-order valence-corrected chi connectivity index (χ4v) is 1.59. The lowest BCUT2D eigenvalue weighted by Crippen LogP contribution is -2.47. The van der Waals surface area contributed by atoms with Gasteiger partial charge in [-0.1, -0.05) is 32.5 Å². The number of likely N-dealkylation sites (N-methyl/N-ethyl adjacent to an activating group) is 1. The molecule has 0 aliphatic heterocycles. The minimum Gasteiger partial charge on any atom is -0.392 e. The zero-order chi connectivity index (χ0) is 12.6. The first-order chi connectivity index (χ1) is 7.52. The van der Waals surface area contributed by atoms with E-state index in [0.717, 1.165) is 25.9 Å². The summed E-state index contributed by atoms with van der Waals surface area (Å²) in [6.07, 6.45) is 2.10. The van der Waals surface area contributed by atoms with Gasteiger partial charge < -0.3 is 11.1 Å². The summed E-state index contributed by atoms with van der Waals surface area (Å²) in [7, 11) is 0. The Bertz CT molecular complexity index is 233. The van der Waals surface area contributed by atoms with Crippen LogP contribution in [0.4, 0.5) is 0 Å². The Labute approximate surface area is 104 Å². The molecule has 0 bridgehead atoms. The standard InChI is InChI=1S/C11H23N3OS/c1-4-6-7-13-11(15)9(3)14(5-2)8-10(12)16/h9H,4-8H2,1-3H3,(H2,12,16)(H,13,15). The van der Waals surface area contributed by atoms with Crippen molar-refractivity contribution in [1.82, 2.24) is 10.2 Å². The number of unbranched alkanes of at least 4 members (excludes halogenated alkanes) is 1. The maximum Gasteiger partial charge on any atom is 0.237 e. The lowest BCUT2D eigenvalue weighted by Gasteiger charge is -2.26. The number of carbonyl (C=O) groups is 1. The van der Waals surface area contributed by atoms with Gasteiger partial charge in [0.05, 0.1) is 11.0 Å². The van der Waals surface area contributed by atoms with Gasteiger partial charge in [0.1, 0.15) is 0 Å². The van der Waals surface area contributed by atoms with Gasteiger partial charge in [0.2, 0.25) is 5.91 Å². The van der Waals surface area contributed by atoms with E-state index in [1.54, 1.807) is 0 Å². The van der Waals surface area contributed by atoms with E-state index in [2.05, 4.69) is 12.2 Å². The summed E-state index contributed by atoms with van der Waals surface area (Å²) < 4.78 is 0. The molecule has 0 saturated carbocycles. The molecule has 5 heteroatoms. The summed E-state index contributed by atoms with van der Waals surface area (Å²) in [5.41, 5.74) is 5.49.